The highest BCUT2D eigenvalue weighted by atomic mass is 79.9. The smallest absolute Gasteiger partial charge is 0.165 e. The van der Waals surface area contributed by atoms with Crippen molar-refractivity contribution < 1.29 is 9.13 Å². The molecule has 4 nitrogen and oxygen atoms in total. The number of para-hydroxylation sites is 1. The van der Waals surface area contributed by atoms with E-state index in [-0.39, 0.29) is 18.2 Å². The van der Waals surface area contributed by atoms with E-state index >= 15 is 0 Å². The Balaban J connectivity index is 2.22. The van der Waals surface area contributed by atoms with Crippen molar-refractivity contribution in [2.24, 2.45) is 7.05 Å². The summed E-state index contributed by atoms with van der Waals surface area (Å²) in [5, 5.41) is 7.42. The summed E-state index contributed by atoms with van der Waals surface area (Å²) in [6, 6.07) is 4.94. The minimum absolute atomic E-state index is 0.266. The van der Waals surface area contributed by atoms with Crippen molar-refractivity contribution in [1.29, 1.82) is 0 Å². The molecule has 1 heterocycles. The van der Waals surface area contributed by atoms with Gasteiger partial charge in [0.05, 0.1) is 15.9 Å². The Morgan fingerprint density at radius 2 is 2.19 bits per heavy atom. The lowest BCUT2D eigenvalue weighted by molar-refractivity contribution is 0.276. The molecule has 2 rings (SSSR count). The molecule has 0 radical (unpaired) electrons. The first-order valence-electron chi connectivity index (χ1n) is 6.83. The number of hydrogen-bond donors (Lipinski definition) is 1. The lowest BCUT2D eigenvalue weighted by atomic mass is 10.2. The molecule has 1 aromatic carbocycles. The second-order valence-electron chi connectivity index (χ2n) is 4.73. The zero-order valence-corrected chi connectivity index (χ0v) is 14.0. The quantitative estimate of drug-likeness (QED) is 0.864. The first kappa shape index (κ1) is 16.0. The predicted molar refractivity (Wildman–Crippen MR) is 83.8 cm³/mol. The van der Waals surface area contributed by atoms with Gasteiger partial charge in [-0.3, -0.25) is 4.68 Å². The summed E-state index contributed by atoms with van der Waals surface area (Å²) >= 11 is 3.53. The van der Waals surface area contributed by atoms with E-state index in [1.165, 1.54) is 6.07 Å². The van der Waals surface area contributed by atoms with Crippen LogP contribution in [-0.2, 0) is 26.6 Å². The summed E-state index contributed by atoms with van der Waals surface area (Å²) in [5.74, 6) is -0.0604. The van der Waals surface area contributed by atoms with Crippen LogP contribution in [0.4, 0.5) is 4.39 Å². The molecule has 0 unspecified atom stereocenters. The van der Waals surface area contributed by atoms with E-state index in [0.29, 0.717) is 6.54 Å². The molecule has 6 heteroatoms. The molecule has 0 fully saturated rings. The third-order valence-electron chi connectivity index (χ3n) is 3.27. The lowest BCUT2D eigenvalue weighted by Crippen LogP contribution is -2.10. The third kappa shape index (κ3) is 3.44. The maximum atomic E-state index is 14.0. The minimum Gasteiger partial charge on any atom is -0.484 e. The van der Waals surface area contributed by atoms with Gasteiger partial charge in [-0.2, -0.15) is 5.10 Å². The number of hydrogen-bond acceptors (Lipinski definition) is 3. The van der Waals surface area contributed by atoms with E-state index in [4.69, 9.17) is 4.74 Å². The van der Waals surface area contributed by atoms with Crippen molar-refractivity contribution in [3.8, 4) is 5.75 Å². The van der Waals surface area contributed by atoms with Crippen LogP contribution in [0.25, 0.3) is 0 Å². The average molecular weight is 356 g/mol. The maximum absolute atomic E-state index is 14.0. The monoisotopic (exact) mass is 355 g/mol. The van der Waals surface area contributed by atoms with E-state index in [1.54, 1.807) is 10.7 Å². The molecule has 0 atom stereocenters. The Morgan fingerprint density at radius 1 is 1.43 bits per heavy atom. The van der Waals surface area contributed by atoms with Crippen LogP contribution in [0.1, 0.15) is 23.9 Å². The fraction of sp³-hybridized carbons (Fsp3) is 0.400. The standard InChI is InChI=1S/C15H19BrFN3O/c1-4-12-14(16)13(20(3)19-12)9-21-15-10(8-18-2)6-5-7-11(15)17/h5-7,18H,4,8-9H2,1-3H3. The van der Waals surface area contributed by atoms with Crippen molar-refractivity contribution in [1.82, 2.24) is 15.1 Å². The first-order valence-corrected chi connectivity index (χ1v) is 7.62. The number of rotatable bonds is 6. The first-order chi connectivity index (χ1) is 10.1. The fourth-order valence-electron chi connectivity index (χ4n) is 2.16. The van der Waals surface area contributed by atoms with Crippen molar-refractivity contribution in [3.05, 3.63) is 45.4 Å². The van der Waals surface area contributed by atoms with Gasteiger partial charge in [0.25, 0.3) is 0 Å². The van der Waals surface area contributed by atoms with Crippen LogP contribution in [0.2, 0.25) is 0 Å². The lowest BCUT2D eigenvalue weighted by Gasteiger charge is -2.12. The number of aryl methyl sites for hydroxylation is 2. The van der Waals surface area contributed by atoms with Gasteiger partial charge in [0.15, 0.2) is 11.6 Å². The summed E-state index contributed by atoms with van der Waals surface area (Å²) in [5.41, 5.74) is 2.66. The molecular formula is C15H19BrFN3O. The Morgan fingerprint density at radius 3 is 2.81 bits per heavy atom. The molecule has 0 amide bonds. The molecule has 0 saturated heterocycles. The molecule has 21 heavy (non-hydrogen) atoms. The van der Waals surface area contributed by atoms with Crippen LogP contribution in [0.3, 0.4) is 0 Å². The number of nitrogens with zero attached hydrogens (tertiary/aromatic N) is 2. The Hall–Kier alpha value is -1.40. The van der Waals surface area contributed by atoms with E-state index in [2.05, 4.69) is 26.3 Å². The number of ether oxygens (including phenoxy) is 1. The SMILES string of the molecule is CCc1nn(C)c(COc2c(F)cccc2CNC)c1Br. The summed E-state index contributed by atoms with van der Waals surface area (Å²) < 4.78 is 22.4. The normalized spacial score (nSPS) is 10.9. The highest BCUT2D eigenvalue weighted by molar-refractivity contribution is 9.10. The van der Waals surface area contributed by atoms with Crippen LogP contribution in [0.5, 0.6) is 5.75 Å². The van der Waals surface area contributed by atoms with Crippen molar-refractivity contribution in [2.75, 3.05) is 7.05 Å². The molecule has 114 valence electrons. The van der Waals surface area contributed by atoms with E-state index in [9.17, 15) is 4.39 Å². The van der Waals surface area contributed by atoms with Gasteiger partial charge in [0.2, 0.25) is 0 Å². The summed E-state index contributed by atoms with van der Waals surface area (Å²) in [4.78, 5) is 0. The summed E-state index contributed by atoms with van der Waals surface area (Å²) in [7, 11) is 3.68. The Bertz CT molecular complexity index is 628. The van der Waals surface area contributed by atoms with Crippen LogP contribution in [0.15, 0.2) is 22.7 Å². The van der Waals surface area contributed by atoms with Gasteiger partial charge in [-0.1, -0.05) is 19.1 Å². The number of benzene rings is 1. The summed E-state index contributed by atoms with van der Waals surface area (Å²) in [6.45, 7) is 2.86. The van der Waals surface area contributed by atoms with Gasteiger partial charge in [0, 0.05) is 19.2 Å². The largest absolute Gasteiger partial charge is 0.484 e. The molecule has 1 aromatic heterocycles. The minimum atomic E-state index is -0.350. The average Bonchev–Trinajstić information content (AvgIpc) is 2.73. The molecule has 0 saturated carbocycles. The second-order valence-corrected chi connectivity index (χ2v) is 5.52. The van der Waals surface area contributed by atoms with E-state index in [1.807, 2.05) is 27.1 Å². The van der Waals surface area contributed by atoms with Crippen LogP contribution >= 0.6 is 15.9 Å². The zero-order valence-electron chi connectivity index (χ0n) is 12.4. The highest BCUT2D eigenvalue weighted by Gasteiger charge is 2.15. The molecule has 0 spiro atoms. The van der Waals surface area contributed by atoms with Gasteiger partial charge >= 0.3 is 0 Å². The maximum Gasteiger partial charge on any atom is 0.165 e. The Kier molecular flexibility index (Phi) is 5.36. The van der Waals surface area contributed by atoms with Crippen molar-refractivity contribution >= 4 is 15.9 Å². The predicted octanol–water partition coefficient (Wildman–Crippen LogP) is 3.18. The number of nitrogens with one attached hydrogen (secondary N) is 1. The van der Waals surface area contributed by atoms with Crippen LogP contribution < -0.4 is 10.1 Å². The van der Waals surface area contributed by atoms with Crippen LogP contribution in [0, 0.1) is 5.82 Å². The molecule has 1 N–H and O–H groups in total. The molecule has 0 bridgehead atoms. The van der Waals surface area contributed by atoms with Gasteiger partial charge in [-0.25, -0.2) is 4.39 Å². The van der Waals surface area contributed by atoms with E-state index < -0.39 is 0 Å². The van der Waals surface area contributed by atoms with Gasteiger partial charge in [-0.05, 0) is 35.5 Å². The van der Waals surface area contributed by atoms with Gasteiger partial charge < -0.3 is 10.1 Å². The highest BCUT2D eigenvalue weighted by Crippen LogP contribution is 2.26. The molecule has 2 aromatic rings. The number of aromatic nitrogens is 2. The molecule has 0 aliphatic carbocycles. The topological polar surface area (TPSA) is 39.1 Å². The Labute approximate surface area is 132 Å². The number of halogens is 2. The third-order valence-corrected chi connectivity index (χ3v) is 4.19. The van der Waals surface area contributed by atoms with Gasteiger partial charge in [-0.15, -0.1) is 0 Å². The molecule has 0 aliphatic rings. The molecule has 0 aliphatic heterocycles. The van der Waals surface area contributed by atoms with Gasteiger partial charge in [0.1, 0.15) is 6.61 Å². The zero-order chi connectivity index (χ0) is 15.4. The fourth-order valence-corrected chi connectivity index (χ4v) is 2.89. The van der Waals surface area contributed by atoms with Crippen LogP contribution in [-0.4, -0.2) is 16.8 Å². The van der Waals surface area contributed by atoms with Crippen molar-refractivity contribution in [2.45, 2.75) is 26.5 Å². The molecular weight excluding hydrogens is 337 g/mol. The van der Waals surface area contributed by atoms with E-state index in [0.717, 1.165) is 27.8 Å². The summed E-state index contributed by atoms with van der Waals surface area (Å²) in [6.07, 6.45) is 0.832. The second kappa shape index (κ2) is 7.04. The van der Waals surface area contributed by atoms with Crippen molar-refractivity contribution in [3.63, 3.8) is 0 Å².